The summed E-state index contributed by atoms with van der Waals surface area (Å²) >= 11 is 6.05. The van der Waals surface area contributed by atoms with E-state index >= 15 is 0 Å². The Bertz CT molecular complexity index is 576. The van der Waals surface area contributed by atoms with Crippen molar-refractivity contribution in [2.24, 2.45) is 5.92 Å². The van der Waals surface area contributed by atoms with Crippen molar-refractivity contribution in [1.29, 1.82) is 0 Å². The molecule has 138 valence electrons. The molecule has 6 nitrogen and oxygen atoms in total. The highest BCUT2D eigenvalue weighted by atomic mass is 35.5. The number of hydrogen-bond donors (Lipinski definition) is 1. The Balaban J connectivity index is 1.94. The van der Waals surface area contributed by atoms with Gasteiger partial charge in [-0.25, -0.2) is 5.06 Å². The molecule has 2 amide bonds. The van der Waals surface area contributed by atoms with E-state index in [-0.39, 0.29) is 18.4 Å². The van der Waals surface area contributed by atoms with Crippen LogP contribution in [0.15, 0.2) is 24.3 Å². The minimum atomic E-state index is -0.354. The second kappa shape index (κ2) is 9.63. The van der Waals surface area contributed by atoms with E-state index in [1.165, 1.54) is 0 Å². The molecule has 1 atom stereocenters. The SMILES string of the molecule is CCCC[C@H](CN(O)C=O)C(=O)N1CCN(c2cccc(Cl)c2)CC1. The van der Waals surface area contributed by atoms with E-state index in [0.29, 0.717) is 36.0 Å². The van der Waals surface area contributed by atoms with Crippen molar-refractivity contribution in [3.63, 3.8) is 0 Å². The van der Waals surface area contributed by atoms with E-state index < -0.39 is 0 Å². The fourth-order valence-electron chi connectivity index (χ4n) is 3.13. The Labute approximate surface area is 153 Å². The van der Waals surface area contributed by atoms with E-state index in [1.807, 2.05) is 29.2 Å². The summed E-state index contributed by atoms with van der Waals surface area (Å²) in [5.74, 6) is -0.340. The molecule has 1 aliphatic heterocycles. The van der Waals surface area contributed by atoms with Crippen LogP contribution in [0.5, 0.6) is 0 Å². The van der Waals surface area contributed by atoms with Crippen LogP contribution in [-0.4, -0.2) is 60.2 Å². The number of carbonyl (C=O) groups excluding carboxylic acids is 2. The van der Waals surface area contributed by atoms with Gasteiger partial charge in [-0.05, 0) is 24.6 Å². The number of halogens is 1. The molecule has 0 aromatic heterocycles. The van der Waals surface area contributed by atoms with Crippen molar-refractivity contribution >= 4 is 29.6 Å². The molecule has 1 aliphatic rings. The first-order valence-corrected chi connectivity index (χ1v) is 9.13. The van der Waals surface area contributed by atoms with Gasteiger partial charge in [0.2, 0.25) is 12.3 Å². The highest BCUT2D eigenvalue weighted by Crippen LogP contribution is 2.22. The van der Waals surface area contributed by atoms with Gasteiger partial charge in [-0.1, -0.05) is 37.4 Å². The first kappa shape index (κ1) is 19.5. The van der Waals surface area contributed by atoms with Gasteiger partial charge in [-0.15, -0.1) is 0 Å². The zero-order valence-corrected chi connectivity index (χ0v) is 15.4. The van der Waals surface area contributed by atoms with Crippen LogP contribution < -0.4 is 4.90 Å². The van der Waals surface area contributed by atoms with Gasteiger partial charge in [0.05, 0.1) is 12.5 Å². The molecule has 0 saturated carbocycles. The van der Waals surface area contributed by atoms with E-state index in [4.69, 9.17) is 11.6 Å². The van der Waals surface area contributed by atoms with E-state index in [9.17, 15) is 14.8 Å². The van der Waals surface area contributed by atoms with Gasteiger partial charge in [-0.3, -0.25) is 14.8 Å². The Hall–Kier alpha value is -1.79. The number of rotatable bonds is 8. The summed E-state index contributed by atoms with van der Waals surface area (Å²) < 4.78 is 0. The van der Waals surface area contributed by atoms with Crippen molar-refractivity contribution in [2.45, 2.75) is 26.2 Å². The summed E-state index contributed by atoms with van der Waals surface area (Å²) in [5.41, 5.74) is 1.06. The number of unbranched alkanes of at least 4 members (excludes halogenated alkanes) is 1. The van der Waals surface area contributed by atoms with Gasteiger partial charge in [0.1, 0.15) is 0 Å². The molecule has 1 aromatic rings. The van der Waals surface area contributed by atoms with Crippen LogP contribution in [0.25, 0.3) is 0 Å². The molecule has 1 heterocycles. The lowest BCUT2D eigenvalue weighted by Gasteiger charge is -2.38. The summed E-state index contributed by atoms with van der Waals surface area (Å²) in [5, 5.41) is 10.7. The molecule has 1 fully saturated rings. The van der Waals surface area contributed by atoms with Crippen LogP contribution in [-0.2, 0) is 9.59 Å². The van der Waals surface area contributed by atoms with Crippen molar-refractivity contribution in [2.75, 3.05) is 37.6 Å². The van der Waals surface area contributed by atoms with Gasteiger partial charge in [0.25, 0.3) is 0 Å². The second-order valence-corrected chi connectivity index (χ2v) is 6.80. The summed E-state index contributed by atoms with van der Waals surface area (Å²) in [6.45, 7) is 4.84. The average molecular weight is 368 g/mol. The number of anilines is 1. The average Bonchev–Trinajstić information content (AvgIpc) is 2.64. The molecule has 2 rings (SSSR count). The number of hydrogen-bond acceptors (Lipinski definition) is 4. The minimum Gasteiger partial charge on any atom is -0.368 e. The zero-order valence-electron chi connectivity index (χ0n) is 14.6. The zero-order chi connectivity index (χ0) is 18.2. The number of hydroxylamine groups is 2. The molecule has 7 heteroatoms. The third kappa shape index (κ3) is 5.61. The lowest BCUT2D eigenvalue weighted by Crippen LogP contribution is -2.51. The molecule has 1 saturated heterocycles. The number of carbonyl (C=O) groups is 2. The Morgan fingerprint density at radius 2 is 2.08 bits per heavy atom. The number of piperazine rings is 1. The van der Waals surface area contributed by atoms with Gasteiger partial charge in [-0.2, -0.15) is 0 Å². The standard InChI is InChI=1S/C18H26ClN3O3/c1-2-3-5-15(13-22(25)14-23)18(24)21-10-8-20(9-11-21)17-7-4-6-16(19)12-17/h4,6-7,12,14-15,25H,2-3,5,8-11,13H2,1H3/t15-/m1/s1. The van der Waals surface area contributed by atoms with Crippen LogP contribution in [0.2, 0.25) is 5.02 Å². The van der Waals surface area contributed by atoms with Gasteiger partial charge >= 0.3 is 0 Å². The normalized spacial score (nSPS) is 15.8. The topological polar surface area (TPSA) is 64.1 Å². The number of nitrogens with zero attached hydrogens (tertiary/aromatic N) is 3. The maximum atomic E-state index is 12.8. The summed E-state index contributed by atoms with van der Waals surface area (Å²) in [6, 6.07) is 7.71. The third-order valence-electron chi connectivity index (χ3n) is 4.55. The Morgan fingerprint density at radius 3 is 2.68 bits per heavy atom. The lowest BCUT2D eigenvalue weighted by atomic mass is 10.00. The van der Waals surface area contributed by atoms with Crippen molar-refractivity contribution in [3.8, 4) is 0 Å². The number of amides is 2. The van der Waals surface area contributed by atoms with Gasteiger partial charge < -0.3 is 9.80 Å². The maximum Gasteiger partial charge on any atom is 0.233 e. The fourth-order valence-corrected chi connectivity index (χ4v) is 3.31. The van der Waals surface area contributed by atoms with Crippen LogP contribution in [0.1, 0.15) is 26.2 Å². The first-order valence-electron chi connectivity index (χ1n) is 8.75. The van der Waals surface area contributed by atoms with Gasteiger partial charge in [0, 0.05) is 36.9 Å². The predicted octanol–water partition coefficient (Wildman–Crippen LogP) is 2.64. The van der Waals surface area contributed by atoms with Crippen LogP contribution in [0.4, 0.5) is 5.69 Å². The molecule has 0 unspecified atom stereocenters. The smallest absolute Gasteiger partial charge is 0.233 e. The Kier molecular flexibility index (Phi) is 7.52. The third-order valence-corrected chi connectivity index (χ3v) is 4.78. The Morgan fingerprint density at radius 1 is 1.36 bits per heavy atom. The van der Waals surface area contributed by atoms with E-state index in [1.54, 1.807) is 0 Å². The first-order chi connectivity index (χ1) is 12.0. The monoisotopic (exact) mass is 367 g/mol. The molecule has 25 heavy (non-hydrogen) atoms. The van der Waals surface area contributed by atoms with Crippen LogP contribution in [0.3, 0.4) is 0 Å². The molecule has 0 spiro atoms. The largest absolute Gasteiger partial charge is 0.368 e. The van der Waals surface area contributed by atoms with Crippen molar-refractivity contribution in [1.82, 2.24) is 9.96 Å². The molecule has 0 bridgehead atoms. The summed E-state index contributed by atoms with van der Waals surface area (Å²) in [6.07, 6.45) is 2.89. The molecular formula is C18H26ClN3O3. The second-order valence-electron chi connectivity index (χ2n) is 6.36. The highest BCUT2D eigenvalue weighted by Gasteiger charge is 2.28. The summed E-state index contributed by atoms with van der Waals surface area (Å²) in [7, 11) is 0. The minimum absolute atomic E-state index is 0.0140. The number of benzene rings is 1. The maximum absolute atomic E-state index is 12.8. The molecule has 1 N–H and O–H groups in total. The molecule has 0 radical (unpaired) electrons. The quantitative estimate of drug-likeness (QED) is 0.436. The van der Waals surface area contributed by atoms with Crippen LogP contribution >= 0.6 is 11.6 Å². The van der Waals surface area contributed by atoms with E-state index in [2.05, 4.69) is 11.8 Å². The molecule has 1 aromatic carbocycles. The van der Waals surface area contributed by atoms with Crippen LogP contribution in [0, 0.1) is 5.92 Å². The molecular weight excluding hydrogens is 342 g/mol. The highest BCUT2D eigenvalue weighted by molar-refractivity contribution is 6.30. The van der Waals surface area contributed by atoms with E-state index in [0.717, 1.165) is 31.6 Å². The predicted molar refractivity (Wildman–Crippen MR) is 97.8 cm³/mol. The van der Waals surface area contributed by atoms with Gasteiger partial charge in [0.15, 0.2) is 0 Å². The lowest BCUT2D eigenvalue weighted by molar-refractivity contribution is -0.157. The molecule has 0 aliphatic carbocycles. The summed E-state index contributed by atoms with van der Waals surface area (Å²) in [4.78, 5) is 27.5. The van der Waals surface area contributed by atoms with Crippen molar-refractivity contribution in [3.05, 3.63) is 29.3 Å². The fraction of sp³-hybridized carbons (Fsp3) is 0.556. The van der Waals surface area contributed by atoms with Crippen molar-refractivity contribution < 1.29 is 14.8 Å².